The van der Waals surface area contributed by atoms with Gasteiger partial charge >= 0.3 is 0 Å². The maximum absolute atomic E-state index is 11.8. The Kier molecular flexibility index (Phi) is 4.82. The lowest BCUT2D eigenvalue weighted by molar-refractivity contribution is -0.131. The van der Waals surface area contributed by atoms with Crippen LogP contribution in [0.15, 0.2) is 12.7 Å². The molecule has 0 aromatic carbocycles. The molecule has 2 N–H and O–H groups in total. The molecule has 0 saturated heterocycles. The van der Waals surface area contributed by atoms with Gasteiger partial charge in [0.25, 0.3) is 0 Å². The molecule has 0 heterocycles. The number of rotatable bonds is 5. The number of hydrogen-bond acceptors (Lipinski definition) is 2. The lowest BCUT2D eigenvalue weighted by atomic mass is 10.1. The summed E-state index contributed by atoms with van der Waals surface area (Å²) in [5.74, 6) is 0.733. The Balaban J connectivity index is 2.34. The van der Waals surface area contributed by atoms with Crippen LogP contribution in [0.25, 0.3) is 0 Å². The van der Waals surface area contributed by atoms with Gasteiger partial charge in [-0.2, -0.15) is 0 Å². The zero-order valence-electron chi connectivity index (χ0n) is 9.61. The van der Waals surface area contributed by atoms with E-state index in [1.165, 1.54) is 25.7 Å². The molecule has 1 fully saturated rings. The van der Waals surface area contributed by atoms with Crippen molar-refractivity contribution in [1.82, 2.24) is 4.90 Å². The van der Waals surface area contributed by atoms with E-state index in [0.717, 1.165) is 6.54 Å². The number of carbonyl (C=O) groups is 1. The summed E-state index contributed by atoms with van der Waals surface area (Å²) in [4.78, 5) is 13.6. The molecule has 3 heteroatoms. The van der Waals surface area contributed by atoms with Crippen LogP contribution in [0.1, 0.15) is 32.1 Å². The standard InChI is InChI=1S/C12H22N2O/c1-3-6-11(13)12(15)14(2)9-10-7-4-5-8-10/h3,10-11H,1,4-9,13H2,2H3. The van der Waals surface area contributed by atoms with E-state index in [-0.39, 0.29) is 5.91 Å². The van der Waals surface area contributed by atoms with Gasteiger partial charge in [-0.3, -0.25) is 4.79 Å². The van der Waals surface area contributed by atoms with Crippen LogP contribution in [-0.2, 0) is 4.79 Å². The molecule has 1 aliphatic carbocycles. The van der Waals surface area contributed by atoms with Crippen molar-refractivity contribution >= 4 is 5.91 Å². The van der Waals surface area contributed by atoms with Crippen molar-refractivity contribution in [3.05, 3.63) is 12.7 Å². The summed E-state index contributed by atoms with van der Waals surface area (Å²) in [6, 6.07) is -0.408. The first kappa shape index (κ1) is 12.2. The molecule has 3 nitrogen and oxygen atoms in total. The third-order valence-corrected chi connectivity index (χ3v) is 3.12. The summed E-state index contributed by atoms with van der Waals surface area (Å²) in [5, 5.41) is 0. The monoisotopic (exact) mass is 210 g/mol. The Hall–Kier alpha value is -0.830. The van der Waals surface area contributed by atoms with Crippen molar-refractivity contribution in [3.63, 3.8) is 0 Å². The van der Waals surface area contributed by atoms with E-state index in [1.54, 1.807) is 11.0 Å². The van der Waals surface area contributed by atoms with E-state index < -0.39 is 6.04 Å². The number of hydrogen-bond donors (Lipinski definition) is 1. The normalized spacial score (nSPS) is 18.8. The van der Waals surface area contributed by atoms with Crippen LogP contribution < -0.4 is 5.73 Å². The molecule has 15 heavy (non-hydrogen) atoms. The van der Waals surface area contributed by atoms with Crippen molar-refractivity contribution in [3.8, 4) is 0 Å². The molecule has 0 aromatic heterocycles. The molecule has 0 spiro atoms. The fourth-order valence-corrected chi connectivity index (χ4v) is 2.23. The molecule has 1 saturated carbocycles. The summed E-state index contributed by atoms with van der Waals surface area (Å²) >= 11 is 0. The Morgan fingerprint density at radius 3 is 2.73 bits per heavy atom. The summed E-state index contributed by atoms with van der Waals surface area (Å²) in [5.41, 5.74) is 5.74. The molecule has 0 aliphatic heterocycles. The van der Waals surface area contributed by atoms with Crippen molar-refractivity contribution in [1.29, 1.82) is 0 Å². The molecule has 1 unspecified atom stereocenters. The summed E-state index contributed by atoms with van der Waals surface area (Å²) < 4.78 is 0. The van der Waals surface area contributed by atoms with Gasteiger partial charge in [0.05, 0.1) is 6.04 Å². The Labute approximate surface area is 92.3 Å². The van der Waals surface area contributed by atoms with Gasteiger partial charge in [-0.05, 0) is 25.2 Å². The first-order valence-electron chi connectivity index (χ1n) is 5.76. The van der Waals surface area contributed by atoms with Gasteiger partial charge < -0.3 is 10.6 Å². The second kappa shape index (κ2) is 5.91. The number of likely N-dealkylation sites (N-methyl/N-ethyl adjacent to an activating group) is 1. The Bertz CT molecular complexity index is 222. The second-order valence-electron chi connectivity index (χ2n) is 4.50. The molecule has 0 aromatic rings. The zero-order valence-corrected chi connectivity index (χ0v) is 9.61. The van der Waals surface area contributed by atoms with Gasteiger partial charge in [-0.1, -0.05) is 18.9 Å². The van der Waals surface area contributed by atoms with Gasteiger partial charge in [0.1, 0.15) is 0 Å². The third kappa shape index (κ3) is 3.67. The molecule has 0 radical (unpaired) electrons. The molecule has 86 valence electrons. The van der Waals surface area contributed by atoms with Gasteiger partial charge in [-0.25, -0.2) is 0 Å². The van der Waals surface area contributed by atoms with Crippen molar-refractivity contribution in [2.75, 3.05) is 13.6 Å². The van der Waals surface area contributed by atoms with E-state index in [9.17, 15) is 4.79 Å². The number of nitrogens with two attached hydrogens (primary N) is 1. The average Bonchev–Trinajstić information content (AvgIpc) is 2.69. The highest BCUT2D eigenvalue weighted by Crippen LogP contribution is 2.25. The zero-order chi connectivity index (χ0) is 11.3. The van der Waals surface area contributed by atoms with E-state index in [2.05, 4.69) is 6.58 Å². The van der Waals surface area contributed by atoms with Crippen LogP contribution in [0.2, 0.25) is 0 Å². The number of carbonyl (C=O) groups excluding carboxylic acids is 1. The van der Waals surface area contributed by atoms with Gasteiger partial charge in [0.15, 0.2) is 0 Å². The smallest absolute Gasteiger partial charge is 0.239 e. The van der Waals surface area contributed by atoms with Gasteiger partial charge in [-0.15, -0.1) is 6.58 Å². The van der Waals surface area contributed by atoms with Gasteiger partial charge in [0, 0.05) is 13.6 Å². The number of nitrogens with zero attached hydrogens (tertiary/aromatic N) is 1. The van der Waals surface area contributed by atoms with Crippen LogP contribution in [0.5, 0.6) is 0 Å². The van der Waals surface area contributed by atoms with Crippen molar-refractivity contribution in [2.45, 2.75) is 38.1 Å². The van der Waals surface area contributed by atoms with E-state index >= 15 is 0 Å². The molecule has 1 amide bonds. The highest BCUT2D eigenvalue weighted by molar-refractivity contribution is 5.81. The highest BCUT2D eigenvalue weighted by atomic mass is 16.2. The molecular weight excluding hydrogens is 188 g/mol. The lowest BCUT2D eigenvalue weighted by Gasteiger charge is -2.23. The number of amides is 1. The highest BCUT2D eigenvalue weighted by Gasteiger charge is 2.22. The van der Waals surface area contributed by atoms with Gasteiger partial charge in [0.2, 0.25) is 5.91 Å². The summed E-state index contributed by atoms with van der Waals surface area (Å²) in [7, 11) is 1.85. The first-order chi connectivity index (χ1) is 7.15. The molecule has 0 bridgehead atoms. The predicted octanol–water partition coefficient (Wildman–Crippen LogP) is 1.54. The van der Waals surface area contributed by atoms with E-state index in [1.807, 2.05) is 7.05 Å². The average molecular weight is 210 g/mol. The molecule has 1 aliphatic rings. The summed E-state index contributed by atoms with van der Waals surface area (Å²) in [6.45, 7) is 4.46. The van der Waals surface area contributed by atoms with Crippen molar-refractivity contribution in [2.24, 2.45) is 11.7 Å². The minimum Gasteiger partial charge on any atom is -0.344 e. The predicted molar refractivity (Wildman–Crippen MR) is 62.4 cm³/mol. The molecular formula is C12H22N2O. The fourth-order valence-electron chi connectivity index (χ4n) is 2.23. The van der Waals surface area contributed by atoms with Crippen LogP contribution in [0.4, 0.5) is 0 Å². The topological polar surface area (TPSA) is 46.3 Å². The Morgan fingerprint density at radius 2 is 2.20 bits per heavy atom. The van der Waals surface area contributed by atoms with Crippen LogP contribution in [0, 0.1) is 5.92 Å². The molecule has 1 rings (SSSR count). The maximum Gasteiger partial charge on any atom is 0.239 e. The molecule has 1 atom stereocenters. The van der Waals surface area contributed by atoms with Crippen LogP contribution in [-0.4, -0.2) is 30.4 Å². The van der Waals surface area contributed by atoms with E-state index in [0.29, 0.717) is 12.3 Å². The lowest BCUT2D eigenvalue weighted by Crippen LogP contribution is -2.43. The van der Waals surface area contributed by atoms with E-state index in [4.69, 9.17) is 5.73 Å². The minimum atomic E-state index is -0.408. The van der Waals surface area contributed by atoms with Crippen LogP contribution in [0.3, 0.4) is 0 Å². The Morgan fingerprint density at radius 1 is 1.60 bits per heavy atom. The first-order valence-corrected chi connectivity index (χ1v) is 5.76. The largest absolute Gasteiger partial charge is 0.344 e. The minimum absolute atomic E-state index is 0.0433. The summed E-state index contributed by atoms with van der Waals surface area (Å²) in [6.07, 6.45) is 7.40. The third-order valence-electron chi connectivity index (χ3n) is 3.12. The van der Waals surface area contributed by atoms with Crippen molar-refractivity contribution < 1.29 is 4.79 Å². The maximum atomic E-state index is 11.8. The quantitative estimate of drug-likeness (QED) is 0.700. The fraction of sp³-hybridized carbons (Fsp3) is 0.750. The SMILES string of the molecule is C=CCC(N)C(=O)N(C)CC1CCCC1. The van der Waals surface area contributed by atoms with Crippen LogP contribution >= 0.6 is 0 Å². The second-order valence-corrected chi connectivity index (χ2v) is 4.50.